The first-order chi connectivity index (χ1) is 8.90. The molecule has 0 fully saturated rings. The van der Waals surface area contributed by atoms with Crippen LogP contribution in [0.25, 0.3) is 0 Å². The molecular weight excluding hydrogens is 248 g/mol. The molecular formula is C13H16N2O4. The van der Waals surface area contributed by atoms with Gasteiger partial charge in [0.1, 0.15) is 5.75 Å². The Hall–Kier alpha value is -2.37. The van der Waals surface area contributed by atoms with Gasteiger partial charge in [-0.05, 0) is 19.1 Å². The van der Waals surface area contributed by atoms with Crippen molar-refractivity contribution in [3.63, 3.8) is 0 Å². The van der Waals surface area contributed by atoms with Crippen LogP contribution in [0.15, 0.2) is 36.5 Å². The number of nitrogens with zero attached hydrogens (tertiary/aromatic N) is 2. The third-order valence-corrected chi connectivity index (χ3v) is 2.30. The van der Waals surface area contributed by atoms with Crippen LogP contribution in [0.2, 0.25) is 0 Å². The van der Waals surface area contributed by atoms with Crippen molar-refractivity contribution in [2.24, 2.45) is 0 Å². The van der Waals surface area contributed by atoms with Crippen molar-refractivity contribution in [3.8, 4) is 5.75 Å². The van der Waals surface area contributed by atoms with Crippen LogP contribution >= 0.6 is 0 Å². The molecule has 19 heavy (non-hydrogen) atoms. The lowest BCUT2D eigenvalue weighted by molar-refractivity contribution is -0.384. The average molecular weight is 264 g/mol. The fourth-order valence-corrected chi connectivity index (χ4v) is 1.27. The Bertz CT molecular complexity index is 480. The van der Waals surface area contributed by atoms with Gasteiger partial charge in [0.15, 0.2) is 11.9 Å². The molecule has 0 aliphatic heterocycles. The normalized spacial score (nSPS) is 12.2. The molecule has 0 saturated heterocycles. The molecule has 1 aromatic carbocycles. The number of carbonyl (C=O) groups is 1. The van der Waals surface area contributed by atoms with Crippen LogP contribution in [0, 0.1) is 10.1 Å². The number of carbonyl (C=O) groups excluding carboxylic acids is 1. The van der Waals surface area contributed by atoms with E-state index in [2.05, 4.69) is 0 Å². The summed E-state index contributed by atoms with van der Waals surface area (Å²) in [6.07, 6.45) is 2.42. The molecule has 0 amide bonds. The summed E-state index contributed by atoms with van der Waals surface area (Å²) in [5.74, 6) is 0.247. The Balaban J connectivity index is 2.63. The SMILES string of the molecule is C[C@@H](Oc1ccc([N+](=O)[O-])cc1)C(=O)/C=C/N(C)C. The lowest BCUT2D eigenvalue weighted by Gasteiger charge is -2.12. The van der Waals surface area contributed by atoms with Crippen LogP contribution in [0.1, 0.15) is 6.92 Å². The number of nitro benzene ring substituents is 1. The number of rotatable bonds is 6. The van der Waals surface area contributed by atoms with E-state index in [1.807, 2.05) is 14.1 Å². The number of hydrogen-bond acceptors (Lipinski definition) is 5. The van der Waals surface area contributed by atoms with E-state index in [0.29, 0.717) is 5.75 Å². The molecule has 0 N–H and O–H groups in total. The third kappa shape index (κ3) is 4.79. The number of benzene rings is 1. The van der Waals surface area contributed by atoms with E-state index in [9.17, 15) is 14.9 Å². The second-order valence-corrected chi connectivity index (χ2v) is 4.19. The Morgan fingerprint density at radius 2 is 1.95 bits per heavy atom. The van der Waals surface area contributed by atoms with Crippen LogP contribution in [0.3, 0.4) is 0 Å². The van der Waals surface area contributed by atoms with Gasteiger partial charge in [-0.1, -0.05) is 0 Å². The Morgan fingerprint density at radius 1 is 1.37 bits per heavy atom. The van der Waals surface area contributed by atoms with E-state index >= 15 is 0 Å². The predicted molar refractivity (Wildman–Crippen MR) is 71.0 cm³/mol. The van der Waals surface area contributed by atoms with Crippen LogP contribution in [-0.4, -0.2) is 35.8 Å². The number of nitro groups is 1. The topological polar surface area (TPSA) is 72.7 Å². The number of ether oxygens (including phenoxy) is 1. The zero-order valence-corrected chi connectivity index (χ0v) is 11.1. The smallest absolute Gasteiger partial charge is 0.269 e. The van der Waals surface area contributed by atoms with E-state index in [1.165, 1.54) is 30.3 Å². The van der Waals surface area contributed by atoms with Gasteiger partial charge in [0.05, 0.1) is 4.92 Å². The molecule has 6 heteroatoms. The summed E-state index contributed by atoms with van der Waals surface area (Å²) in [7, 11) is 3.62. The summed E-state index contributed by atoms with van der Waals surface area (Å²) in [6.45, 7) is 1.63. The summed E-state index contributed by atoms with van der Waals surface area (Å²) < 4.78 is 5.40. The van der Waals surface area contributed by atoms with Gasteiger partial charge in [-0.2, -0.15) is 0 Å². The van der Waals surface area contributed by atoms with E-state index < -0.39 is 11.0 Å². The van der Waals surface area contributed by atoms with E-state index in [4.69, 9.17) is 4.74 Å². The maximum atomic E-state index is 11.7. The van der Waals surface area contributed by atoms with Crippen molar-refractivity contribution in [2.45, 2.75) is 13.0 Å². The van der Waals surface area contributed by atoms with Crippen molar-refractivity contribution in [1.82, 2.24) is 4.90 Å². The van der Waals surface area contributed by atoms with Crippen molar-refractivity contribution < 1.29 is 14.5 Å². The van der Waals surface area contributed by atoms with Gasteiger partial charge in [0.2, 0.25) is 0 Å². The average Bonchev–Trinajstić information content (AvgIpc) is 2.36. The highest BCUT2D eigenvalue weighted by Gasteiger charge is 2.12. The fraction of sp³-hybridized carbons (Fsp3) is 0.308. The minimum atomic E-state index is -0.641. The highest BCUT2D eigenvalue weighted by Crippen LogP contribution is 2.18. The second kappa shape index (κ2) is 6.53. The molecule has 0 aromatic heterocycles. The van der Waals surface area contributed by atoms with Gasteiger partial charge in [-0.25, -0.2) is 0 Å². The fourth-order valence-electron chi connectivity index (χ4n) is 1.27. The van der Waals surface area contributed by atoms with E-state index in [0.717, 1.165) is 0 Å². The summed E-state index contributed by atoms with van der Waals surface area (Å²) >= 11 is 0. The van der Waals surface area contributed by atoms with Crippen molar-refractivity contribution >= 4 is 11.5 Å². The molecule has 1 atom stereocenters. The van der Waals surface area contributed by atoms with Gasteiger partial charge in [0, 0.05) is 38.5 Å². The molecule has 0 aliphatic rings. The Kier molecular flexibility index (Phi) is 5.05. The molecule has 0 spiro atoms. The van der Waals surface area contributed by atoms with E-state index in [-0.39, 0.29) is 11.5 Å². The highest BCUT2D eigenvalue weighted by molar-refractivity contribution is 5.93. The standard InChI is InChI=1S/C13H16N2O4/c1-10(13(16)8-9-14(2)3)19-12-6-4-11(5-7-12)15(17)18/h4-10H,1-3H3/b9-8+/t10-/m1/s1. The quantitative estimate of drug-likeness (QED) is 0.446. The maximum Gasteiger partial charge on any atom is 0.269 e. The van der Waals surface area contributed by atoms with Crippen LogP contribution < -0.4 is 4.74 Å². The van der Waals surface area contributed by atoms with Crippen LogP contribution in [-0.2, 0) is 4.79 Å². The molecule has 0 heterocycles. The number of hydrogen-bond donors (Lipinski definition) is 0. The monoisotopic (exact) mass is 264 g/mol. The molecule has 0 unspecified atom stereocenters. The molecule has 0 saturated carbocycles. The van der Waals surface area contributed by atoms with Gasteiger partial charge < -0.3 is 9.64 Å². The minimum Gasteiger partial charge on any atom is -0.483 e. The molecule has 102 valence electrons. The van der Waals surface area contributed by atoms with Gasteiger partial charge >= 0.3 is 0 Å². The molecule has 0 aliphatic carbocycles. The minimum absolute atomic E-state index is 0.0150. The van der Waals surface area contributed by atoms with Crippen LogP contribution in [0.5, 0.6) is 5.75 Å². The number of non-ortho nitro benzene ring substituents is 1. The van der Waals surface area contributed by atoms with Crippen molar-refractivity contribution in [2.75, 3.05) is 14.1 Å². The zero-order chi connectivity index (χ0) is 14.4. The second-order valence-electron chi connectivity index (χ2n) is 4.19. The molecule has 0 bridgehead atoms. The van der Waals surface area contributed by atoms with Crippen LogP contribution in [0.4, 0.5) is 5.69 Å². The van der Waals surface area contributed by atoms with E-state index in [1.54, 1.807) is 18.0 Å². The lowest BCUT2D eigenvalue weighted by Crippen LogP contribution is -2.22. The molecule has 1 aromatic rings. The van der Waals surface area contributed by atoms with Gasteiger partial charge in [-0.3, -0.25) is 14.9 Å². The highest BCUT2D eigenvalue weighted by atomic mass is 16.6. The molecule has 6 nitrogen and oxygen atoms in total. The van der Waals surface area contributed by atoms with Crippen molar-refractivity contribution in [3.05, 3.63) is 46.7 Å². The predicted octanol–water partition coefficient (Wildman–Crippen LogP) is 2.01. The maximum absolute atomic E-state index is 11.7. The molecule has 1 rings (SSSR count). The number of ketones is 1. The summed E-state index contributed by atoms with van der Waals surface area (Å²) in [6, 6.07) is 5.61. The summed E-state index contributed by atoms with van der Waals surface area (Å²) in [5, 5.41) is 10.5. The lowest BCUT2D eigenvalue weighted by atomic mass is 10.2. The van der Waals surface area contributed by atoms with Gasteiger partial charge in [0.25, 0.3) is 5.69 Å². The first-order valence-electron chi connectivity index (χ1n) is 5.69. The Morgan fingerprint density at radius 3 is 2.42 bits per heavy atom. The molecule has 0 radical (unpaired) electrons. The summed E-state index contributed by atoms with van der Waals surface area (Å²) in [4.78, 5) is 23.4. The largest absolute Gasteiger partial charge is 0.483 e. The Labute approximate surface area is 111 Å². The van der Waals surface area contributed by atoms with Crippen molar-refractivity contribution in [1.29, 1.82) is 0 Å². The van der Waals surface area contributed by atoms with Gasteiger partial charge in [-0.15, -0.1) is 0 Å². The first kappa shape index (κ1) is 14.7. The first-order valence-corrected chi connectivity index (χ1v) is 5.69. The third-order valence-electron chi connectivity index (χ3n) is 2.30. The summed E-state index contributed by atoms with van der Waals surface area (Å²) in [5.41, 5.74) is -0.0150. The zero-order valence-electron chi connectivity index (χ0n) is 11.1.